The van der Waals surface area contributed by atoms with Gasteiger partial charge in [0.25, 0.3) is 0 Å². The molecule has 4 unspecified atom stereocenters. The van der Waals surface area contributed by atoms with Gasteiger partial charge in [0.15, 0.2) is 0 Å². The minimum absolute atomic E-state index is 0.0371. The molecule has 1 amide bonds. The first-order valence-corrected chi connectivity index (χ1v) is 6.21. The van der Waals surface area contributed by atoms with Crippen LogP contribution in [0.25, 0.3) is 0 Å². The van der Waals surface area contributed by atoms with Crippen LogP contribution in [0.5, 0.6) is 0 Å². The molecule has 1 saturated heterocycles. The Bertz CT molecular complexity index is 330. The van der Waals surface area contributed by atoms with E-state index in [1.165, 1.54) is 0 Å². The molecule has 5 nitrogen and oxygen atoms in total. The van der Waals surface area contributed by atoms with Gasteiger partial charge in [-0.05, 0) is 26.7 Å². The Balaban J connectivity index is 1.92. The van der Waals surface area contributed by atoms with E-state index in [2.05, 4.69) is 0 Å². The van der Waals surface area contributed by atoms with Crippen LogP contribution in [0.2, 0.25) is 0 Å². The standard InChI is InChI=1S/C12H19NO4/c1-3-17-10-6-9(10)11(14)13-5-4-8(7(13)2)12(15)16/h7-10H,3-6H2,1-2H3,(H,15,16). The summed E-state index contributed by atoms with van der Waals surface area (Å²) in [5.74, 6) is -1.18. The molecular formula is C12H19NO4. The Kier molecular flexibility index (Phi) is 3.38. The lowest BCUT2D eigenvalue weighted by molar-refractivity contribution is -0.143. The molecule has 0 spiro atoms. The molecule has 0 aromatic rings. The van der Waals surface area contributed by atoms with Crippen molar-refractivity contribution in [3.8, 4) is 0 Å². The van der Waals surface area contributed by atoms with Crippen molar-refractivity contribution in [1.29, 1.82) is 0 Å². The van der Waals surface area contributed by atoms with Crippen molar-refractivity contribution in [2.45, 2.75) is 38.8 Å². The molecule has 0 bridgehead atoms. The van der Waals surface area contributed by atoms with E-state index in [1.54, 1.807) is 4.90 Å². The zero-order valence-corrected chi connectivity index (χ0v) is 10.3. The highest BCUT2D eigenvalue weighted by atomic mass is 16.5. The maximum absolute atomic E-state index is 12.1. The molecule has 1 saturated carbocycles. The van der Waals surface area contributed by atoms with Gasteiger partial charge < -0.3 is 14.7 Å². The van der Waals surface area contributed by atoms with Gasteiger partial charge in [-0.25, -0.2) is 0 Å². The van der Waals surface area contributed by atoms with Crippen molar-refractivity contribution in [2.75, 3.05) is 13.2 Å². The van der Waals surface area contributed by atoms with Crippen LogP contribution < -0.4 is 0 Å². The Morgan fingerprint density at radius 2 is 2.12 bits per heavy atom. The highest BCUT2D eigenvalue weighted by Gasteiger charge is 2.49. The lowest BCUT2D eigenvalue weighted by atomic mass is 10.0. The van der Waals surface area contributed by atoms with Crippen molar-refractivity contribution < 1.29 is 19.4 Å². The summed E-state index contributed by atoms with van der Waals surface area (Å²) < 4.78 is 5.39. The SMILES string of the molecule is CCOC1CC1C(=O)N1CCC(C(=O)O)C1C. The molecule has 2 aliphatic rings. The van der Waals surface area contributed by atoms with Gasteiger partial charge in [-0.15, -0.1) is 0 Å². The number of hydrogen-bond acceptors (Lipinski definition) is 3. The number of carbonyl (C=O) groups is 2. The third-order valence-electron chi connectivity index (χ3n) is 3.79. The summed E-state index contributed by atoms with van der Waals surface area (Å²) in [7, 11) is 0. The molecule has 17 heavy (non-hydrogen) atoms. The number of amides is 1. The van der Waals surface area contributed by atoms with E-state index in [0.29, 0.717) is 19.6 Å². The fraction of sp³-hybridized carbons (Fsp3) is 0.833. The molecule has 5 heteroatoms. The second kappa shape index (κ2) is 4.64. The topological polar surface area (TPSA) is 66.8 Å². The quantitative estimate of drug-likeness (QED) is 0.788. The highest BCUT2D eigenvalue weighted by molar-refractivity contribution is 5.84. The van der Waals surface area contributed by atoms with E-state index in [-0.39, 0.29) is 24.0 Å². The van der Waals surface area contributed by atoms with Crippen LogP contribution in [-0.2, 0) is 14.3 Å². The fourth-order valence-corrected chi connectivity index (χ4v) is 2.62. The summed E-state index contributed by atoms with van der Waals surface area (Å²) in [6, 6.07) is -0.192. The summed E-state index contributed by atoms with van der Waals surface area (Å²) in [5, 5.41) is 9.01. The van der Waals surface area contributed by atoms with Gasteiger partial charge in [0, 0.05) is 19.2 Å². The van der Waals surface area contributed by atoms with Crippen LogP contribution in [0.15, 0.2) is 0 Å². The number of carbonyl (C=O) groups excluding carboxylic acids is 1. The lowest BCUT2D eigenvalue weighted by Crippen LogP contribution is -2.39. The Morgan fingerprint density at radius 3 is 2.65 bits per heavy atom. The minimum atomic E-state index is -0.801. The maximum Gasteiger partial charge on any atom is 0.308 e. The van der Waals surface area contributed by atoms with Gasteiger partial charge in [0.2, 0.25) is 5.91 Å². The Hall–Kier alpha value is -1.10. The monoisotopic (exact) mass is 241 g/mol. The Morgan fingerprint density at radius 1 is 1.41 bits per heavy atom. The van der Waals surface area contributed by atoms with Crippen molar-refractivity contribution in [1.82, 2.24) is 4.90 Å². The predicted octanol–water partition coefficient (Wildman–Crippen LogP) is 0.733. The second-order valence-electron chi connectivity index (χ2n) is 4.84. The van der Waals surface area contributed by atoms with Crippen LogP contribution in [0.1, 0.15) is 26.7 Å². The van der Waals surface area contributed by atoms with Crippen molar-refractivity contribution in [3.63, 3.8) is 0 Å². The van der Waals surface area contributed by atoms with Crippen LogP contribution >= 0.6 is 0 Å². The highest BCUT2D eigenvalue weighted by Crippen LogP contribution is 2.38. The molecule has 0 radical (unpaired) electrons. The van der Waals surface area contributed by atoms with E-state index in [4.69, 9.17) is 9.84 Å². The van der Waals surface area contributed by atoms with Gasteiger partial charge >= 0.3 is 5.97 Å². The fourth-order valence-electron chi connectivity index (χ4n) is 2.62. The van der Waals surface area contributed by atoms with Crippen LogP contribution in [0.4, 0.5) is 0 Å². The number of nitrogens with zero attached hydrogens (tertiary/aromatic N) is 1. The molecule has 1 aliphatic carbocycles. The second-order valence-corrected chi connectivity index (χ2v) is 4.84. The average Bonchev–Trinajstić information content (AvgIpc) is 2.92. The molecule has 2 fully saturated rings. The molecule has 1 heterocycles. The normalized spacial score (nSPS) is 36.0. The Labute approximate surface area is 101 Å². The first-order chi connectivity index (χ1) is 8.06. The van der Waals surface area contributed by atoms with E-state index in [0.717, 1.165) is 6.42 Å². The summed E-state index contributed by atoms with van der Waals surface area (Å²) >= 11 is 0. The summed E-state index contributed by atoms with van der Waals surface area (Å²) in [4.78, 5) is 24.8. The smallest absolute Gasteiger partial charge is 0.308 e. The molecule has 1 N–H and O–H groups in total. The molecule has 96 valence electrons. The van der Waals surface area contributed by atoms with Gasteiger partial charge in [-0.1, -0.05) is 0 Å². The number of rotatable bonds is 4. The largest absolute Gasteiger partial charge is 0.481 e. The third kappa shape index (κ3) is 2.29. The van der Waals surface area contributed by atoms with Crippen LogP contribution in [-0.4, -0.2) is 47.2 Å². The van der Waals surface area contributed by atoms with Gasteiger partial charge in [-0.2, -0.15) is 0 Å². The molecule has 2 rings (SSSR count). The van der Waals surface area contributed by atoms with Gasteiger partial charge in [0.05, 0.1) is 17.9 Å². The number of carboxylic acids is 1. The molecule has 0 aromatic heterocycles. The number of ether oxygens (including phenoxy) is 1. The van der Waals surface area contributed by atoms with E-state index in [1.807, 2.05) is 13.8 Å². The lowest BCUT2D eigenvalue weighted by Gasteiger charge is -2.23. The predicted molar refractivity (Wildman–Crippen MR) is 60.4 cm³/mol. The molecule has 0 aromatic carbocycles. The minimum Gasteiger partial charge on any atom is -0.481 e. The van der Waals surface area contributed by atoms with E-state index in [9.17, 15) is 9.59 Å². The van der Waals surface area contributed by atoms with E-state index >= 15 is 0 Å². The zero-order chi connectivity index (χ0) is 12.6. The summed E-state index contributed by atoms with van der Waals surface area (Å²) in [5.41, 5.74) is 0. The first-order valence-electron chi connectivity index (χ1n) is 6.21. The first kappa shape index (κ1) is 12.4. The van der Waals surface area contributed by atoms with Crippen LogP contribution in [0.3, 0.4) is 0 Å². The van der Waals surface area contributed by atoms with Gasteiger partial charge in [0.1, 0.15) is 0 Å². The number of aliphatic carboxylic acids is 1. The number of carboxylic acid groups (broad SMARTS) is 1. The van der Waals surface area contributed by atoms with Crippen molar-refractivity contribution in [3.05, 3.63) is 0 Å². The summed E-state index contributed by atoms with van der Waals surface area (Å²) in [6.45, 7) is 4.93. The number of hydrogen-bond donors (Lipinski definition) is 1. The van der Waals surface area contributed by atoms with Crippen LogP contribution in [0, 0.1) is 11.8 Å². The van der Waals surface area contributed by atoms with Gasteiger partial charge in [-0.3, -0.25) is 9.59 Å². The molecule has 4 atom stereocenters. The zero-order valence-electron chi connectivity index (χ0n) is 10.3. The summed E-state index contributed by atoms with van der Waals surface area (Å²) in [6.07, 6.45) is 1.41. The van der Waals surface area contributed by atoms with Crippen molar-refractivity contribution in [2.24, 2.45) is 11.8 Å². The number of likely N-dealkylation sites (tertiary alicyclic amines) is 1. The maximum atomic E-state index is 12.1. The molecule has 1 aliphatic heterocycles. The average molecular weight is 241 g/mol. The van der Waals surface area contributed by atoms with Crippen molar-refractivity contribution >= 4 is 11.9 Å². The third-order valence-corrected chi connectivity index (χ3v) is 3.79. The van der Waals surface area contributed by atoms with E-state index < -0.39 is 11.9 Å². The molecular weight excluding hydrogens is 222 g/mol.